The Morgan fingerprint density at radius 1 is 1.20 bits per heavy atom. The number of rotatable bonds is 4. The molecule has 0 bridgehead atoms. The monoisotopic (exact) mass is 362 g/mol. The summed E-state index contributed by atoms with van der Waals surface area (Å²) >= 11 is 1.51. The van der Waals surface area contributed by atoms with E-state index in [2.05, 4.69) is 20.1 Å². The zero-order valence-electron chi connectivity index (χ0n) is 14.8. The summed E-state index contributed by atoms with van der Waals surface area (Å²) in [4.78, 5) is 22.4. The normalized spacial score (nSPS) is 16.7. The summed E-state index contributed by atoms with van der Waals surface area (Å²) < 4.78 is 13.0. The molecule has 0 spiro atoms. The number of carbonyl (C=O) groups excluding carboxylic acids is 1. The zero-order chi connectivity index (χ0) is 18.0. The molecule has 0 radical (unpaired) electrons. The molecule has 0 aliphatic carbocycles. The molecule has 134 valence electrons. The van der Waals surface area contributed by atoms with E-state index in [4.69, 9.17) is 0 Å². The molecule has 1 atom stereocenters. The summed E-state index contributed by atoms with van der Waals surface area (Å²) in [6, 6.07) is 6.36. The van der Waals surface area contributed by atoms with Gasteiger partial charge in [-0.05, 0) is 45.0 Å². The topological polar surface area (TPSA) is 48.5 Å². The van der Waals surface area contributed by atoms with E-state index in [9.17, 15) is 9.18 Å². The first-order valence-electron chi connectivity index (χ1n) is 8.43. The van der Waals surface area contributed by atoms with Crippen LogP contribution in [0.25, 0.3) is 0 Å². The van der Waals surface area contributed by atoms with Crippen LogP contribution in [0.3, 0.4) is 0 Å². The number of carbonyl (C=O) groups is 1. The molecule has 1 aromatic heterocycles. The third-order valence-corrected chi connectivity index (χ3v) is 5.68. The first-order chi connectivity index (χ1) is 11.9. The second kappa shape index (κ2) is 7.49. The fourth-order valence-electron chi connectivity index (χ4n) is 2.92. The largest absolute Gasteiger partial charge is 0.369 e. The predicted molar refractivity (Wildman–Crippen MR) is 99.9 cm³/mol. The van der Waals surface area contributed by atoms with E-state index in [0.29, 0.717) is 5.13 Å². The van der Waals surface area contributed by atoms with Gasteiger partial charge in [-0.15, -0.1) is 11.3 Å². The molecule has 5 nitrogen and oxygen atoms in total. The maximum atomic E-state index is 13.0. The number of hydrogen-bond donors (Lipinski definition) is 1. The molecule has 1 aliphatic heterocycles. The number of halogens is 1. The van der Waals surface area contributed by atoms with E-state index in [1.54, 1.807) is 12.1 Å². The lowest BCUT2D eigenvalue weighted by atomic mass is 10.2. The second-order valence-electron chi connectivity index (χ2n) is 6.33. The van der Waals surface area contributed by atoms with E-state index in [-0.39, 0.29) is 17.8 Å². The maximum Gasteiger partial charge on any atom is 0.243 e. The lowest BCUT2D eigenvalue weighted by Gasteiger charge is -2.38. The van der Waals surface area contributed by atoms with Gasteiger partial charge in [0.1, 0.15) is 5.82 Å². The number of aryl methyl sites for hydroxylation is 2. The van der Waals surface area contributed by atoms with Crippen molar-refractivity contribution in [2.75, 3.05) is 36.4 Å². The number of thiazole rings is 1. The molecule has 0 unspecified atom stereocenters. The lowest BCUT2D eigenvalue weighted by Crippen LogP contribution is -2.52. The highest BCUT2D eigenvalue weighted by Crippen LogP contribution is 2.22. The van der Waals surface area contributed by atoms with Gasteiger partial charge in [0.15, 0.2) is 5.13 Å². The Hall–Kier alpha value is -1.99. The van der Waals surface area contributed by atoms with Crippen molar-refractivity contribution in [3.05, 3.63) is 40.7 Å². The average Bonchev–Trinajstić information content (AvgIpc) is 2.92. The third-order valence-electron chi connectivity index (χ3n) is 4.69. The SMILES string of the molecule is Cc1nc(NC(=O)[C@@H](C)N2CCN(c3ccc(F)cc3)CC2)sc1C. The van der Waals surface area contributed by atoms with Crippen molar-refractivity contribution in [3.8, 4) is 0 Å². The Balaban J connectivity index is 1.54. The minimum absolute atomic E-state index is 0.0241. The van der Waals surface area contributed by atoms with E-state index >= 15 is 0 Å². The summed E-state index contributed by atoms with van der Waals surface area (Å²) in [6.45, 7) is 9.10. The minimum Gasteiger partial charge on any atom is -0.369 e. The van der Waals surface area contributed by atoms with Crippen molar-refractivity contribution < 1.29 is 9.18 Å². The molecule has 25 heavy (non-hydrogen) atoms. The van der Waals surface area contributed by atoms with Gasteiger partial charge in [0.25, 0.3) is 0 Å². The summed E-state index contributed by atoms with van der Waals surface area (Å²) in [5.74, 6) is -0.246. The van der Waals surface area contributed by atoms with Crippen molar-refractivity contribution in [3.63, 3.8) is 0 Å². The molecule has 3 rings (SSSR count). The lowest BCUT2D eigenvalue weighted by molar-refractivity contribution is -0.120. The van der Waals surface area contributed by atoms with Crippen LogP contribution in [0.1, 0.15) is 17.5 Å². The van der Waals surface area contributed by atoms with Gasteiger partial charge in [-0.2, -0.15) is 0 Å². The molecule has 7 heteroatoms. The number of hydrogen-bond acceptors (Lipinski definition) is 5. The van der Waals surface area contributed by atoms with Gasteiger partial charge in [0, 0.05) is 36.7 Å². The predicted octanol–water partition coefficient (Wildman–Crippen LogP) is 3.05. The van der Waals surface area contributed by atoms with E-state index in [1.165, 1.54) is 23.5 Å². The number of amides is 1. The van der Waals surface area contributed by atoms with Gasteiger partial charge >= 0.3 is 0 Å². The molecule has 1 N–H and O–H groups in total. The smallest absolute Gasteiger partial charge is 0.243 e. The van der Waals surface area contributed by atoms with E-state index < -0.39 is 0 Å². The summed E-state index contributed by atoms with van der Waals surface area (Å²) in [5, 5.41) is 3.59. The van der Waals surface area contributed by atoms with Crippen molar-refractivity contribution >= 4 is 28.1 Å². The number of benzene rings is 1. The first-order valence-corrected chi connectivity index (χ1v) is 9.25. The van der Waals surface area contributed by atoms with Crippen molar-refractivity contribution in [1.29, 1.82) is 0 Å². The fraction of sp³-hybridized carbons (Fsp3) is 0.444. The highest BCUT2D eigenvalue weighted by molar-refractivity contribution is 7.15. The number of piperazine rings is 1. The van der Waals surface area contributed by atoms with Crippen LogP contribution in [0.2, 0.25) is 0 Å². The highest BCUT2D eigenvalue weighted by Gasteiger charge is 2.26. The van der Waals surface area contributed by atoms with Crippen LogP contribution in [-0.4, -0.2) is 48.0 Å². The van der Waals surface area contributed by atoms with Crippen molar-refractivity contribution in [2.24, 2.45) is 0 Å². The highest BCUT2D eigenvalue weighted by atomic mass is 32.1. The molecule has 1 aromatic carbocycles. The molecule has 1 amide bonds. The molecule has 1 saturated heterocycles. The van der Waals surface area contributed by atoms with Gasteiger partial charge in [-0.3, -0.25) is 9.69 Å². The summed E-state index contributed by atoms with van der Waals surface area (Å²) in [7, 11) is 0. The van der Waals surface area contributed by atoms with E-state index in [1.807, 2.05) is 20.8 Å². The Kier molecular flexibility index (Phi) is 5.34. The van der Waals surface area contributed by atoms with Crippen LogP contribution in [0.15, 0.2) is 24.3 Å². The Bertz CT molecular complexity index is 719. The number of aromatic nitrogens is 1. The maximum absolute atomic E-state index is 13.0. The number of nitrogens with zero attached hydrogens (tertiary/aromatic N) is 3. The van der Waals surface area contributed by atoms with Crippen molar-refractivity contribution in [1.82, 2.24) is 9.88 Å². The van der Waals surface area contributed by atoms with Crippen molar-refractivity contribution in [2.45, 2.75) is 26.8 Å². The second-order valence-corrected chi connectivity index (χ2v) is 7.53. The van der Waals surface area contributed by atoms with Crippen LogP contribution in [0.5, 0.6) is 0 Å². The van der Waals surface area contributed by atoms with Gasteiger partial charge in [0.05, 0.1) is 11.7 Å². The average molecular weight is 362 g/mol. The molecular formula is C18H23FN4OS. The van der Waals surface area contributed by atoms with Gasteiger partial charge in [0.2, 0.25) is 5.91 Å². The Labute approximate surface area is 151 Å². The standard InChI is InChI=1S/C18H23FN4OS/c1-12-14(3)25-18(20-12)21-17(24)13(2)22-8-10-23(11-9-22)16-6-4-15(19)5-7-16/h4-7,13H,8-11H2,1-3H3,(H,20,21,24)/t13-/m1/s1. The molecule has 2 aromatic rings. The van der Waals surface area contributed by atoms with Crippen LogP contribution in [0, 0.1) is 19.7 Å². The first kappa shape index (κ1) is 17.8. The Morgan fingerprint density at radius 3 is 2.40 bits per heavy atom. The molecular weight excluding hydrogens is 339 g/mol. The minimum atomic E-state index is -0.222. The molecule has 1 fully saturated rings. The van der Waals surface area contributed by atoms with Crippen LogP contribution in [-0.2, 0) is 4.79 Å². The third kappa shape index (κ3) is 4.16. The van der Waals surface area contributed by atoms with Gasteiger partial charge in [-0.25, -0.2) is 9.37 Å². The number of nitrogens with one attached hydrogen (secondary N) is 1. The summed E-state index contributed by atoms with van der Waals surface area (Å²) in [5.41, 5.74) is 1.98. The quantitative estimate of drug-likeness (QED) is 0.908. The fourth-order valence-corrected chi connectivity index (χ4v) is 3.74. The zero-order valence-corrected chi connectivity index (χ0v) is 15.6. The molecule has 1 aliphatic rings. The van der Waals surface area contributed by atoms with E-state index in [0.717, 1.165) is 42.4 Å². The van der Waals surface area contributed by atoms with Crippen LogP contribution < -0.4 is 10.2 Å². The van der Waals surface area contributed by atoms with Gasteiger partial charge < -0.3 is 10.2 Å². The Morgan fingerprint density at radius 2 is 1.84 bits per heavy atom. The van der Waals surface area contributed by atoms with Crippen LogP contribution >= 0.6 is 11.3 Å². The van der Waals surface area contributed by atoms with Gasteiger partial charge in [-0.1, -0.05) is 0 Å². The molecule has 2 heterocycles. The van der Waals surface area contributed by atoms with Crippen LogP contribution in [0.4, 0.5) is 15.2 Å². The number of anilines is 2. The molecule has 0 saturated carbocycles. The summed E-state index contributed by atoms with van der Waals surface area (Å²) in [6.07, 6.45) is 0.